The minimum Gasteiger partial charge on any atom is -0.377 e. The summed E-state index contributed by atoms with van der Waals surface area (Å²) in [6.07, 6.45) is 7.40. The highest BCUT2D eigenvalue weighted by Crippen LogP contribution is 2.38. The number of benzene rings is 2. The standard InChI is InChI=1S/C28H38N4/c1-20(2)19-29-24-18-28-26(17-25(24)30-21-11-5-3-6-12-21)31-23-15-9-10-16-27(23)32(28)22-13-7-4-8-14-22/h3-8,11-14,20,23,25-28,30-31H,9-10,15-19H2,1-2H3. The van der Waals surface area contributed by atoms with Gasteiger partial charge in [0.2, 0.25) is 0 Å². The molecular weight excluding hydrogens is 392 g/mol. The Morgan fingerprint density at radius 2 is 1.66 bits per heavy atom. The zero-order valence-electron chi connectivity index (χ0n) is 19.6. The summed E-state index contributed by atoms with van der Waals surface area (Å²) >= 11 is 0. The van der Waals surface area contributed by atoms with Crippen molar-refractivity contribution >= 4 is 17.1 Å². The van der Waals surface area contributed by atoms with Crippen LogP contribution in [0.2, 0.25) is 0 Å². The second-order valence-electron chi connectivity index (χ2n) is 10.3. The van der Waals surface area contributed by atoms with Gasteiger partial charge in [-0.05, 0) is 49.4 Å². The van der Waals surface area contributed by atoms with E-state index in [0.29, 0.717) is 36.1 Å². The fourth-order valence-corrected chi connectivity index (χ4v) is 6.01. The number of para-hydroxylation sites is 2. The number of aliphatic imine (C=N–C) groups is 1. The van der Waals surface area contributed by atoms with Gasteiger partial charge in [0.15, 0.2) is 0 Å². The molecule has 5 unspecified atom stereocenters. The maximum Gasteiger partial charge on any atom is 0.0658 e. The van der Waals surface area contributed by atoms with Gasteiger partial charge < -0.3 is 15.5 Å². The molecule has 2 aromatic carbocycles. The maximum absolute atomic E-state index is 5.18. The Morgan fingerprint density at radius 1 is 0.938 bits per heavy atom. The van der Waals surface area contributed by atoms with E-state index in [0.717, 1.165) is 19.4 Å². The van der Waals surface area contributed by atoms with Gasteiger partial charge in [-0.1, -0.05) is 63.1 Å². The van der Waals surface area contributed by atoms with E-state index >= 15 is 0 Å². The average Bonchev–Trinajstić information content (AvgIpc) is 2.82. The van der Waals surface area contributed by atoms with Crippen LogP contribution in [0.3, 0.4) is 0 Å². The first kappa shape index (κ1) is 21.5. The molecule has 1 heterocycles. The fraction of sp³-hybridized carbons (Fsp3) is 0.536. The lowest BCUT2D eigenvalue weighted by Crippen LogP contribution is -2.71. The Hall–Kier alpha value is -2.33. The van der Waals surface area contributed by atoms with Crippen molar-refractivity contribution in [3.63, 3.8) is 0 Å². The smallest absolute Gasteiger partial charge is 0.0658 e. The Kier molecular flexibility index (Phi) is 6.49. The van der Waals surface area contributed by atoms with E-state index in [4.69, 9.17) is 4.99 Å². The Morgan fingerprint density at radius 3 is 2.41 bits per heavy atom. The molecule has 1 saturated heterocycles. The van der Waals surface area contributed by atoms with Crippen LogP contribution in [0.15, 0.2) is 65.7 Å². The molecule has 5 atom stereocenters. The quantitative estimate of drug-likeness (QED) is 0.656. The number of nitrogens with one attached hydrogen (secondary N) is 2. The number of fused-ring (bicyclic) bond motifs is 2. The lowest BCUT2D eigenvalue weighted by atomic mass is 9.76. The topological polar surface area (TPSA) is 39.7 Å². The minimum atomic E-state index is 0.294. The lowest BCUT2D eigenvalue weighted by Gasteiger charge is -2.56. The zero-order valence-corrected chi connectivity index (χ0v) is 19.6. The molecule has 0 amide bonds. The average molecular weight is 431 g/mol. The molecule has 32 heavy (non-hydrogen) atoms. The van der Waals surface area contributed by atoms with Crippen molar-refractivity contribution in [1.29, 1.82) is 0 Å². The van der Waals surface area contributed by atoms with Crippen LogP contribution in [0.5, 0.6) is 0 Å². The summed E-state index contributed by atoms with van der Waals surface area (Å²) in [5.74, 6) is 0.579. The van der Waals surface area contributed by atoms with E-state index in [1.165, 1.54) is 42.8 Å². The largest absolute Gasteiger partial charge is 0.377 e. The summed E-state index contributed by atoms with van der Waals surface area (Å²) in [5.41, 5.74) is 3.93. The van der Waals surface area contributed by atoms with Crippen molar-refractivity contribution in [2.24, 2.45) is 10.9 Å². The first-order valence-electron chi connectivity index (χ1n) is 12.6. The van der Waals surface area contributed by atoms with Crippen LogP contribution in [0, 0.1) is 5.92 Å². The van der Waals surface area contributed by atoms with Crippen LogP contribution in [0.1, 0.15) is 52.4 Å². The van der Waals surface area contributed by atoms with Crippen LogP contribution < -0.4 is 15.5 Å². The molecule has 3 fully saturated rings. The van der Waals surface area contributed by atoms with Crippen molar-refractivity contribution in [2.45, 2.75) is 82.6 Å². The molecule has 4 nitrogen and oxygen atoms in total. The minimum absolute atomic E-state index is 0.294. The predicted molar refractivity (Wildman–Crippen MR) is 136 cm³/mol. The van der Waals surface area contributed by atoms with Gasteiger partial charge >= 0.3 is 0 Å². The van der Waals surface area contributed by atoms with Crippen LogP contribution in [0.25, 0.3) is 0 Å². The van der Waals surface area contributed by atoms with Gasteiger partial charge in [-0.15, -0.1) is 0 Å². The molecule has 3 aliphatic rings. The summed E-state index contributed by atoms with van der Waals surface area (Å²) in [4.78, 5) is 7.97. The van der Waals surface area contributed by atoms with Crippen LogP contribution in [-0.4, -0.2) is 42.5 Å². The third-order valence-corrected chi connectivity index (χ3v) is 7.48. The number of nitrogens with zero attached hydrogens (tertiary/aromatic N) is 2. The Bertz CT molecular complexity index is 894. The van der Waals surface area contributed by atoms with Crippen molar-refractivity contribution in [2.75, 3.05) is 16.8 Å². The Balaban J connectivity index is 1.46. The number of hydrogen-bond donors (Lipinski definition) is 2. The molecule has 170 valence electrons. The number of rotatable bonds is 5. The molecular formula is C28H38N4. The number of anilines is 2. The monoisotopic (exact) mass is 430 g/mol. The lowest BCUT2D eigenvalue weighted by molar-refractivity contribution is 0.193. The van der Waals surface area contributed by atoms with Gasteiger partial charge in [0.1, 0.15) is 0 Å². The molecule has 0 spiro atoms. The van der Waals surface area contributed by atoms with Crippen molar-refractivity contribution in [3.8, 4) is 0 Å². The zero-order chi connectivity index (χ0) is 21.9. The van der Waals surface area contributed by atoms with E-state index in [1.807, 2.05) is 0 Å². The van der Waals surface area contributed by atoms with Gasteiger partial charge in [-0.3, -0.25) is 4.99 Å². The van der Waals surface area contributed by atoms with Crippen LogP contribution in [0.4, 0.5) is 11.4 Å². The van der Waals surface area contributed by atoms with Crippen molar-refractivity contribution < 1.29 is 0 Å². The third-order valence-electron chi connectivity index (χ3n) is 7.48. The van der Waals surface area contributed by atoms with Gasteiger partial charge in [0.05, 0.1) is 12.1 Å². The van der Waals surface area contributed by atoms with E-state index in [9.17, 15) is 0 Å². The highest BCUT2D eigenvalue weighted by atomic mass is 15.3. The third kappa shape index (κ3) is 4.56. The van der Waals surface area contributed by atoms with E-state index in [2.05, 4.69) is 90.0 Å². The molecule has 0 bridgehead atoms. The Labute approximate surface area is 193 Å². The van der Waals surface area contributed by atoms with Gasteiger partial charge in [0.25, 0.3) is 0 Å². The molecule has 4 heteroatoms. The van der Waals surface area contributed by atoms with E-state index in [-0.39, 0.29) is 0 Å². The fourth-order valence-electron chi connectivity index (χ4n) is 6.01. The molecule has 2 N–H and O–H groups in total. The van der Waals surface area contributed by atoms with Gasteiger partial charge in [-0.25, -0.2) is 0 Å². The van der Waals surface area contributed by atoms with Gasteiger partial charge in [0, 0.05) is 48.2 Å². The number of piperazine rings is 1. The highest BCUT2D eigenvalue weighted by molar-refractivity contribution is 5.94. The van der Waals surface area contributed by atoms with Crippen molar-refractivity contribution in [3.05, 3.63) is 60.7 Å². The summed E-state index contributed by atoms with van der Waals surface area (Å²) in [7, 11) is 0. The summed E-state index contributed by atoms with van der Waals surface area (Å²) < 4.78 is 0. The van der Waals surface area contributed by atoms with Gasteiger partial charge in [-0.2, -0.15) is 0 Å². The van der Waals surface area contributed by atoms with Crippen molar-refractivity contribution in [1.82, 2.24) is 5.32 Å². The molecule has 5 rings (SSSR count). The van der Waals surface area contributed by atoms with E-state index in [1.54, 1.807) is 0 Å². The SMILES string of the molecule is CC(C)CN=C1CC2C(CC1Nc1ccccc1)NC1CCCCC1N2c1ccccc1. The first-order chi connectivity index (χ1) is 15.7. The normalized spacial score (nSPS) is 31.3. The first-order valence-corrected chi connectivity index (χ1v) is 12.6. The molecule has 2 aromatic rings. The van der Waals surface area contributed by atoms with Crippen LogP contribution >= 0.6 is 0 Å². The molecule has 1 aliphatic heterocycles. The molecule has 0 radical (unpaired) electrons. The summed E-state index contributed by atoms with van der Waals surface area (Å²) in [6.45, 7) is 5.44. The highest BCUT2D eigenvalue weighted by Gasteiger charge is 2.47. The second kappa shape index (κ2) is 9.66. The summed E-state index contributed by atoms with van der Waals surface area (Å²) in [5, 5.41) is 7.95. The molecule has 2 saturated carbocycles. The maximum atomic E-state index is 5.18. The number of hydrogen-bond acceptors (Lipinski definition) is 4. The van der Waals surface area contributed by atoms with Crippen LogP contribution in [-0.2, 0) is 0 Å². The summed E-state index contributed by atoms with van der Waals surface area (Å²) in [6, 6.07) is 24.2. The predicted octanol–water partition coefficient (Wildman–Crippen LogP) is 5.52. The second-order valence-corrected chi connectivity index (χ2v) is 10.3. The molecule has 0 aromatic heterocycles. The van der Waals surface area contributed by atoms with E-state index < -0.39 is 0 Å². The molecule has 2 aliphatic carbocycles.